The summed E-state index contributed by atoms with van der Waals surface area (Å²) in [7, 11) is 4.65. The van der Waals surface area contributed by atoms with Gasteiger partial charge in [0.05, 0.1) is 31.9 Å². The molecule has 0 bridgehead atoms. The Hall–Kier alpha value is -4.50. The molecule has 38 heavy (non-hydrogen) atoms. The molecule has 0 saturated carbocycles. The molecule has 0 atom stereocenters. The zero-order valence-electron chi connectivity index (χ0n) is 21.0. The Kier molecular flexibility index (Phi) is 8.50. The Morgan fingerprint density at radius 3 is 2.34 bits per heavy atom. The molecule has 0 fully saturated rings. The van der Waals surface area contributed by atoms with Crippen LogP contribution in [0.4, 0.5) is 0 Å². The second kappa shape index (κ2) is 12.2. The predicted octanol–water partition coefficient (Wildman–Crippen LogP) is 4.33. The molecule has 196 valence electrons. The molecule has 2 amide bonds. The van der Waals surface area contributed by atoms with Crippen LogP contribution in [0.25, 0.3) is 11.0 Å². The maximum Gasteiger partial charge on any atom is 0.272 e. The molecule has 9 nitrogen and oxygen atoms in total. The van der Waals surface area contributed by atoms with E-state index in [9.17, 15) is 9.59 Å². The molecular weight excluding hydrogens is 510 g/mol. The summed E-state index contributed by atoms with van der Waals surface area (Å²) in [4.78, 5) is 25.9. The van der Waals surface area contributed by atoms with E-state index in [2.05, 4.69) is 15.8 Å². The third-order valence-electron chi connectivity index (χ3n) is 5.73. The molecule has 10 heteroatoms. The second-order valence-electron chi connectivity index (χ2n) is 8.07. The van der Waals surface area contributed by atoms with Gasteiger partial charge in [0.2, 0.25) is 5.55 Å². The van der Waals surface area contributed by atoms with Crippen molar-refractivity contribution in [2.45, 2.75) is 6.42 Å². The smallest absolute Gasteiger partial charge is 0.272 e. The standard InChI is InChI=1S/C28H26ClN3O6/c1-35-22-12-11-17(15-24(22)37-3)13-14-30-26(33)20-16-18-7-6-10-23(36-2)25(18)38-28(20)32-31-27(34)19-8-4-5-9-21(19)29/h4-12,15-16H,13-14H2,1-3H3,(H,30,33)(H,31,34). The van der Waals surface area contributed by atoms with Crippen molar-refractivity contribution >= 4 is 34.4 Å². The molecule has 1 aromatic heterocycles. The summed E-state index contributed by atoms with van der Waals surface area (Å²) in [6.45, 7) is 0.329. The van der Waals surface area contributed by atoms with Crippen LogP contribution in [0.1, 0.15) is 26.3 Å². The molecule has 0 unspecified atom stereocenters. The first-order chi connectivity index (χ1) is 18.4. The lowest BCUT2D eigenvalue weighted by Crippen LogP contribution is -2.32. The van der Waals surface area contributed by atoms with Crippen molar-refractivity contribution in [2.75, 3.05) is 27.9 Å². The average molecular weight is 536 g/mol. The summed E-state index contributed by atoms with van der Waals surface area (Å²) >= 11 is 6.12. The molecule has 0 spiro atoms. The van der Waals surface area contributed by atoms with Crippen molar-refractivity contribution in [3.8, 4) is 17.2 Å². The number of carbonyl (C=O) groups excluding carboxylic acids is 2. The maximum atomic E-state index is 13.2. The number of fused-ring (bicyclic) bond motifs is 1. The number of hydrogen-bond acceptors (Lipinski definition) is 7. The van der Waals surface area contributed by atoms with Gasteiger partial charge in [-0.15, -0.1) is 5.10 Å². The first kappa shape index (κ1) is 26.6. The third-order valence-corrected chi connectivity index (χ3v) is 6.06. The maximum absolute atomic E-state index is 13.2. The molecule has 4 rings (SSSR count). The van der Waals surface area contributed by atoms with Crippen LogP contribution < -0.4 is 30.5 Å². The zero-order valence-corrected chi connectivity index (χ0v) is 21.8. The number of amides is 2. The summed E-state index contributed by atoms with van der Waals surface area (Å²) < 4.78 is 21.9. The quantitative estimate of drug-likeness (QED) is 0.309. The number of carbonyl (C=O) groups is 2. The average Bonchev–Trinajstić information content (AvgIpc) is 2.95. The van der Waals surface area contributed by atoms with E-state index < -0.39 is 11.8 Å². The van der Waals surface area contributed by atoms with Gasteiger partial charge in [-0.3, -0.25) is 9.59 Å². The summed E-state index contributed by atoms with van der Waals surface area (Å²) in [5.41, 5.74) is 4.03. The normalized spacial score (nSPS) is 11.2. The van der Waals surface area contributed by atoms with Gasteiger partial charge in [-0.25, -0.2) is 5.43 Å². The summed E-state index contributed by atoms with van der Waals surface area (Å²) in [6.07, 6.45) is 0.542. The van der Waals surface area contributed by atoms with E-state index >= 15 is 0 Å². The van der Waals surface area contributed by atoms with Gasteiger partial charge in [0, 0.05) is 11.9 Å². The van der Waals surface area contributed by atoms with Gasteiger partial charge in [0.25, 0.3) is 11.8 Å². The minimum Gasteiger partial charge on any atom is -0.493 e. The number of ether oxygens (including phenoxy) is 3. The Morgan fingerprint density at radius 2 is 1.61 bits per heavy atom. The monoisotopic (exact) mass is 535 g/mol. The van der Waals surface area contributed by atoms with Crippen LogP contribution >= 0.6 is 11.6 Å². The number of methoxy groups -OCH3 is 3. The number of rotatable bonds is 9. The van der Waals surface area contributed by atoms with Crippen LogP contribution in [0.3, 0.4) is 0 Å². The highest BCUT2D eigenvalue weighted by atomic mass is 35.5. The molecule has 1 heterocycles. The first-order valence-corrected chi connectivity index (χ1v) is 12.0. The van der Waals surface area contributed by atoms with E-state index in [4.69, 9.17) is 30.2 Å². The highest BCUT2D eigenvalue weighted by Crippen LogP contribution is 2.28. The van der Waals surface area contributed by atoms with Crippen molar-refractivity contribution in [3.05, 3.63) is 94.0 Å². The number of nitrogens with one attached hydrogen (secondary N) is 2. The molecule has 4 aromatic rings. The molecule has 3 aromatic carbocycles. The second-order valence-corrected chi connectivity index (χ2v) is 8.48. The predicted molar refractivity (Wildman–Crippen MR) is 143 cm³/mol. The van der Waals surface area contributed by atoms with Crippen LogP contribution in [0, 0.1) is 0 Å². The van der Waals surface area contributed by atoms with Crippen molar-refractivity contribution in [2.24, 2.45) is 5.10 Å². The van der Waals surface area contributed by atoms with Gasteiger partial charge < -0.3 is 23.9 Å². The highest BCUT2D eigenvalue weighted by Gasteiger charge is 2.16. The van der Waals surface area contributed by atoms with Crippen molar-refractivity contribution in [1.82, 2.24) is 10.7 Å². The first-order valence-electron chi connectivity index (χ1n) is 11.6. The third kappa shape index (κ3) is 5.90. The lowest BCUT2D eigenvalue weighted by Gasteiger charge is -2.11. The molecule has 0 aliphatic rings. The number of hydrogen-bond donors (Lipinski definition) is 2. The van der Waals surface area contributed by atoms with Gasteiger partial charge >= 0.3 is 0 Å². The van der Waals surface area contributed by atoms with Crippen LogP contribution in [0.2, 0.25) is 5.02 Å². The number of halogens is 1. The molecule has 0 aliphatic heterocycles. The van der Waals surface area contributed by atoms with Crippen LogP contribution in [0.5, 0.6) is 17.2 Å². The largest absolute Gasteiger partial charge is 0.493 e. The molecule has 0 radical (unpaired) electrons. The van der Waals surface area contributed by atoms with Gasteiger partial charge in [-0.2, -0.15) is 0 Å². The van der Waals surface area contributed by atoms with E-state index in [1.54, 1.807) is 62.8 Å². The van der Waals surface area contributed by atoms with Gasteiger partial charge in [-0.1, -0.05) is 41.9 Å². The highest BCUT2D eigenvalue weighted by molar-refractivity contribution is 6.33. The SMILES string of the molecule is COc1ccc(CCNC(=O)c2cc3cccc(OC)c3oc2=NNC(=O)c2ccccc2Cl)cc1OC. The zero-order chi connectivity index (χ0) is 27.1. The number of nitrogens with zero attached hydrogens (tertiary/aromatic N) is 1. The van der Waals surface area contributed by atoms with E-state index in [0.717, 1.165) is 5.56 Å². The van der Waals surface area contributed by atoms with Gasteiger partial charge in [0.15, 0.2) is 22.8 Å². The van der Waals surface area contributed by atoms with Crippen LogP contribution in [0.15, 0.2) is 76.2 Å². The molecule has 0 aliphatic carbocycles. The minimum absolute atomic E-state index is 0.0916. The Morgan fingerprint density at radius 1 is 0.842 bits per heavy atom. The Labute approximate surface area is 224 Å². The number of para-hydroxylation sites is 1. The summed E-state index contributed by atoms with van der Waals surface area (Å²) in [5.74, 6) is 0.708. The topological polar surface area (TPSA) is 111 Å². The fourth-order valence-electron chi connectivity index (χ4n) is 3.79. The number of benzene rings is 3. The summed E-state index contributed by atoms with van der Waals surface area (Å²) in [5, 5.41) is 7.89. The van der Waals surface area contributed by atoms with Crippen LogP contribution in [-0.2, 0) is 6.42 Å². The van der Waals surface area contributed by atoms with Gasteiger partial charge in [-0.05, 0) is 48.4 Å². The van der Waals surface area contributed by atoms with Crippen molar-refractivity contribution in [3.63, 3.8) is 0 Å². The summed E-state index contributed by atoms with van der Waals surface area (Å²) in [6, 6.07) is 19.0. The fourth-order valence-corrected chi connectivity index (χ4v) is 4.01. The minimum atomic E-state index is -0.550. The molecule has 2 N–H and O–H groups in total. The Bertz CT molecular complexity index is 1550. The van der Waals surface area contributed by atoms with E-state index in [-0.39, 0.29) is 21.7 Å². The molecular formula is C28H26ClN3O6. The van der Waals surface area contributed by atoms with Crippen molar-refractivity contribution in [1.29, 1.82) is 0 Å². The van der Waals surface area contributed by atoms with E-state index in [1.807, 2.05) is 18.2 Å². The van der Waals surface area contributed by atoms with E-state index in [1.165, 1.54) is 7.11 Å². The van der Waals surface area contributed by atoms with Gasteiger partial charge in [0.1, 0.15) is 5.56 Å². The fraction of sp³-hybridized carbons (Fsp3) is 0.179. The van der Waals surface area contributed by atoms with Crippen LogP contribution in [-0.4, -0.2) is 39.7 Å². The lowest BCUT2D eigenvalue weighted by molar-refractivity contribution is 0.0934. The Balaban J connectivity index is 1.61. The molecule has 0 saturated heterocycles. The van der Waals surface area contributed by atoms with E-state index in [0.29, 0.717) is 41.2 Å². The lowest BCUT2D eigenvalue weighted by atomic mass is 10.1. The van der Waals surface area contributed by atoms with Crippen molar-refractivity contribution < 1.29 is 28.2 Å².